The highest BCUT2D eigenvalue weighted by Gasteiger charge is 2.62. The first-order valence-corrected chi connectivity index (χ1v) is 8.25. The molecular weight excluding hydrogens is 299 g/mol. The van der Waals surface area contributed by atoms with Crippen molar-refractivity contribution < 1.29 is 22.8 Å². The topological polar surface area (TPSA) is 72.6 Å². The Morgan fingerprint density at radius 3 is 2.62 bits per heavy atom. The van der Waals surface area contributed by atoms with Gasteiger partial charge in [0.2, 0.25) is 0 Å². The van der Waals surface area contributed by atoms with Gasteiger partial charge in [-0.1, -0.05) is 12.1 Å². The summed E-state index contributed by atoms with van der Waals surface area (Å²) < 4.78 is 45.4. The first kappa shape index (κ1) is 16.3. The monoisotopic (exact) mass is 317 g/mol. The van der Waals surface area contributed by atoms with E-state index < -0.39 is 36.0 Å². The summed E-state index contributed by atoms with van der Waals surface area (Å²) in [6.07, 6.45) is 1.85. The minimum atomic E-state index is -4.34. The third kappa shape index (κ3) is 2.81. The second-order valence-electron chi connectivity index (χ2n) is 5.18. The van der Waals surface area contributed by atoms with Crippen molar-refractivity contribution in [1.29, 1.82) is 0 Å². The van der Waals surface area contributed by atoms with Crippen LogP contribution in [0.15, 0.2) is 30.9 Å². The molecule has 0 heterocycles. The van der Waals surface area contributed by atoms with E-state index >= 15 is 0 Å². The molecule has 1 aromatic carbocycles. The van der Waals surface area contributed by atoms with Crippen LogP contribution in [0.1, 0.15) is 24.6 Å². The minimum Gasteiger partial charge on any atom is -0.324 e. The van der Waals surface area contributed by atoms with Crippen molar-refractivity contribution in [3.63, 3.8) is 0 Å². The van der Waals surface area contributed by atoms with E-state index in [9.17, 15) is 18.2 Å². The standard InChI is InChI=1S/C14H18F2NO3P/c1-3-9-8-14(9,17)13(21(18,19)20-4-2)12-10(15)6-5-7-11(12)16/h3,5-7,9,13H,1,4,8,17H2,2H3,(H,18,19). The number of hydrogen-bond donors (Lipinski definition) is 2. The Hall–Kier alpha value is -1.07. The highest BCUT2D eigenvalue weighted by atomic mass is 31.2. The van der Waals surface area contributed by atoms with E-state index in [1.807, 2.05) is 0 Å². The predicted molar refractivity (Wildman–Crippen MR) is 75.8 cm³/mol. The first-order chi connectivity index (χ1) is 9.78. The van der Waals surface area contributed by atoms with E-state index in [4.69, 9.17) is 10.3 Å². The molecule has 1 fully saturated rings. The molecule has 0 spiro atoms. The molecule has 0 aromatic heterocycles. The van der Waals surface area contributed by atoms with Crippen LogP contribution in [0.2, 0.25) is 0 Å². The molecule has 0 radical (unpaired) electrons. The molecule has 3 N–H and O–H groups in total. The summed E-state index contributed by atoms with van der Waals surface area (Å²) in [7, 11) is -4.34. The highest BCUT2D eigenvalue weighted by Crippen LogP contribution is 2.68. The zero-order valence-electron chi connectivity index (χ0n) is 11.6. The van der Waals surface area contributed by atoms with E-state index in [0.717, 1.165) is 12.1 Å². The van der Waals surface area contributed by atoms with Crippen molar-refractivity contribution in [2.24, 2.45) is 11.7 Å². The van der Waals surface area contributed by atoms with Gasteiger partial charge in [0, 0.05) is 11.1 Å². The number of hydrogen-bond acceptors (Lipinski definition) is 3. The van der Waals surface area contributed by atoms with Crippen LogP contribution >= 0.6 is 7.60 Å². The maximum Gasteiger partial charge on any atom is 0.337 e. The SMILES string of the molecule is C=CC1CC1(N)C(c1c(F)cccc1F)P(=O)(O)OCC. The lowest BCUT2D eigenvalue weighted by Crippen LogP contribution is -2.34. The van der Waals surface area contributed by atoms with E-state index in [1.165, 1.54) is 19.1 Å². The van der Waals surface area contributed by atoms with Crippen LogP contribution < -0.4 is 5.73 Å². The molecule has 2 rings (SSSR count). The van der Waals surface area contributed by atoms with E-state index in [0.29, 0.717) is 6.42 Å². The third-order valence-electron chi connectivity index (χ3n) is 3.81. The summed E-state index contributed by atoms with van der Waals surface area (Å²) in [6, 6.07) is 3.26. The van der Waals surface area contributed by atoms with E-state index in [1.54, 1.807) is 0 Å². The Balaban J connectivity index is 2.58. The van der Waals surface area contributed by atoms with Gasteiger partial charge in [0.1, 0.15) is 17.3 Å². The highest BCUT2D eigenvalue weighted by molar-refractivity contribution is 7.53. The molecular formula is C14H18F2NO3P. The van der Waals surface area contributed by atoms with Crippen LogP contribution in [0.3, 0.4) is 0 Å². The van der Waals surface area contributed by atoms with Crippen molar-refractivity contribution in [1.82, 2.24) is 0 Å². The van der Waals surface area contributed by atoms with Crippen LogP contribution in [0.25, 0.3) is 0 Å². The summed E-state index contributed by atoms with van der Waals surface area (Å²) in [5.41, 5.74) is 2.92. The van der Waals surface area contributed by atoms with Gasteiger partial charge in [0.25, 0.3) is 0 Å². The molecule has 0 saturated heterocycles. The Labute approximate surface area is 122 Å². The zero-order valence-corrected chi connectivity index (χ0v) is 12.5. The molecule has 1 aliphatic carbocycles. The molecule has 1 aliphatic rings. The number of nitrogens with two attached hydrogens (primary N) is 1. The van der Waals surface area contributed by atoms with Crippen molar-refractivity contribution in [2.45, 2.75) is 24.5 Å². The predicted octanol–water partition coefficient (Wildman–Crippen LogP) is 3.13. The molecule has 4 unspecified atom stereocenters. The molecule has 0 amide bonds. The Morgan fingerprint density at radius 2 is 2.19 bits per heavy atom. The molecule has 0 bridgehead atoms. The number of halogens is 2. The van der Waals surface area contributed by atoms with E-state index in [-0.39, 0.29) is 12.5 Å². The zero-order chi connectivity index (χ0) is 15.8. The molecule has 21 heavy (non-hydrogen) atoms. The lowest BCUT2D eigenvalue weighted by molar-refractivity contribution is 0.255. The van der Waals surface area contributed by atoms with Crippen LogP contribution in [0.5, 0.6) is 0 Å². The van der Waals surface area contributed by atoms with Crippen molar-refractivity contribution in [3.8, 4) is 0 Å². The van der Waals surface area contributed by atoms with Gasteiger partial charge in [-0.05, 0) is 31.4 Å². The summed E-state index contributed by atoms with van der Waals surface area (Å²) in [5.74, 6) is -2.11. The van der Waals surface area contributed by atoms with Gasteiger partial charge in [-0.25, -0.2) is 8.78 Å². The molecule has 4 atom stereocenters. The van der Waals surface area contributed by atoms with Gasteiger partial charge in [-0.2, -0.15) is 0 Å². The maximum atomic E-state index is 14.1. The molecule has 0 aliphatic heterocycles. The minimum absolute atomic E-state index is 0.0603. The fraction of sp³-hybridized carbons (Fsp3) is 0.429. The second-order valence-corrected chi connectivity index (χ2v) is 7.08. The summed E-state index contributed by atoms with van der Waals surface area (Å²) in [4.78, 5) is 10.2. The first-order valence-electron chi connectivity index (χ1n) is 6.60. The van der Waals surface area contributed by atoms with Crippen LogP contribution in [-0.2, 0) is 9.09 Å². The fourth-order valence-electron chi connectivity index (χ4n) is 2.71. The number of benzene rings is 1. The molecule has 4 nitrogen and oxygen atoms in total. The summed E-state index contributed by atoms with van der Waals surface area (Å²) in [6.45, 7) is 5.05. The largest absolute Gasteiger partial charge is 0.337 e. The van der Waals surface area contributed by atoms with Gasteiger partial charge >= 0.3 is 7.60 Å². The average molecular weight is 317 g/mol. The van der Waals surface area contributed by atoms with Crippen LogP contribution in [-0.4, -0.2) is 17.0 Å². The smallest absolute Gasteiger partial charge is 0.324 e. The number of rotatable bonds is 6. The Morgan fingerprint density at radius 1 is 1.62 bits per heavy atom. The lowest BCUT2D eigenvalue weighted by atomic mass is 10.0. The summed E-state index contributed by atoms with van der Waals surface area (Å²) >= 11 is 0. The maximum absolute atomic E-state index is 14.1. The normalized spacial score (nSPS) is 28.7. The van der Waals surface area contributed by atoms with Crippen LogP contribution in [0, 0.1) is 17.6 Å². The van der Waals surface area contributed by atoms with Crippen molar-refractivity contribution in [3.05, 3.63) is 48.1 Å². The fourth-order valence-corrected chi connectivity index (χ4v) is 4.70. The van der Waals surface area contributed by atoms with Gasteiger partial charge in [-0.3, -0.25) is 4.57 Å². The molecule has 1 aromatic rings. The van der Waals surface area contributed by atoms with E-state index in [2.05, 4.69) is 6.58 Å². The van der Waals surface area contributed by atoms with Gasteiger partial charge in [0.05, 0.1) is 6.61 Å². The Kier molecular flexibility index (Phi) is 4.36. The molecule has 1 saturated carbocycles. The van der Waals surface area contributed by atoms with Crippen LogP contribution in [0.4, 0.5) is 8.78 Å². The third-order valence-corrected chi connectivity index (χ3v) is 5.83. The molecule has 116 valence electrons. The second kappa shape index (κ2) is 5.61. The van der Waals surface area contributed by atoms with Gasteiger partial charge < -0.3 is 15.2 Å². The lowest BCUT2D eigenvalue weighted by Gasteiger charge is -2.29. The van der Waals surface area contributed by atoms with Crippen molar-refractivity contribution in [2.75, 3.05) is 6.61 Å². The average Bonchev–Trinajstić information content (AvgIpc) is 3.05. The molecule has 7 heteroatoms. The van der Waals surface area contributed by atoms with Crippen molar-refractivity contribution >= 4 is 7.60 Å². The summed E-state index contributed by atoms with van der Waals surface area (Å²) in [5, 5.41) is 0. The Bertz CT molecular complexity index is 590. The van der Waals surface area contributed by atoms with Gasteiger partial charge in [0.15, 0.2) is 0 Å². The quantitative estimate of drug-likeness (QED) is 0.624. The van der Waals surface area contributed by atoms with Gasteiger partial charge in [-0.15, -0.1) is 6.58 Å².